The zero-order valence-corrected chi connectivity index (χ0v) is 16.9. The Bertz CT molecular complexity index is 946. The first-order chi connectivity index (χ1) is 15.0. The van der Waals surface area contributed by atoms with Gasteiger partial charge in [0.1, 0.15) is 12.5 Å². The van der Waals surface area contributed by atoms with E-state index in [0.717, 1.165) is 22.3 Å². The molecule has 162 valence electrons. The van der Waals surface area contributed by atoms with Crippen LogP contribution in [-0.4, -0.2) is 55.5 Å². The van der Waals surface area contributed by atoms with Gasteiger partial charge in [0.15, 0.2) is 0 Å². The molecular formula is C23H24N2O6. The Kier molecular flexibility index (Phi) is 6.18. The molecule has 0 radical (unpaired) electrons. The van der Waals surface area contributed by atoms with Gasteiger partial charge in [-0.25, -0.2) is 4.79 Å². The highest BCUT2D eigenvalue weighted by molar-refractivity contribution is 5.80. The van der Waals surface area contributed by atoms with Gasteiger partial charge in [0.25, 0.3) is 0 Å². The lowest BCUT2D eigenvalue weighted by Crippen LogP contribution is -2.43. The molecule has 2 aliphatic rings. The molecule has 2 unspecified atom stereocenters. The SMILES string of the molecule is O=C(CCNC(=O)OCC1c2ccccc2-c2ccccc21)NC1COCC1C(=O)O. The summed E-state index contributed by atoms with van der Waals surface area (Å²) in [6.45, 7) is 0.542. The maximum atomic E-state index is 12.1. The minimum atomic E-state index is -1.00. The molecule has 4 rings (SSSR count). The molecule has 8 heteroatoms. The van der Waals surface area contributed by atoms with Crippen molar-refractivity contribution < 1.29 is 29.0 Å². The number of carbonyl (C=O) groups excluding carboxylic acids is 2. The van der Waals surface area contributed by atoms with E-state index in [-0.39, 0.29) is 44.6 Å². The number of rotatable bonds is 7. The average Bonchev–Trinajstić information content (AvgIpc) is 3.35. The first kappa shape index (κ1) is 20.9. The zero-order chi connectivity index (χ0) is 21.8. The molecule has 8 nitrogen and oxygen atoms in total. The minimum absolute atomic E-state index is 0.0209. The van der Waals surface area contributed by atoms with Crippen molar-refractivity contribution in [3.63, 3.8) is 0 Å². The Balaban J connectivity index is 1.24. The second kappa shape index (κ2) is 9.18. The number of alkyl carbamates (subject to hydrolysis) is 1. The number of benzene rings is 2. The van der Waals surface area contributed by atoms with Gasteiger partial charge in [-0.3, -0.25) is 9.59 Å². The van der Waals surface area contributed by atoms with Crippen LogP contribution in [0.2, 0.25) is 0 Å². The number of aliphatic carboxylic acids is 1. The Morgan fingerprint density at radius 1 is 1.00 bits per heavy atom. The van der Waals surface area contributed by atoms with Crippen molar-refractivity contribution in [2.24, 2.45) is 5.92 Å². The number of hydrogen-bond donors (Lipinski definition) is 3. The molecule has 31 heavy (non-hydrogen) atoms. The van der Waals surface area contributed by atoms with Crippen LogP contribution in [0.25, 0.3) is 11.1 Å². The number of fused-ring (bicyclic) bond motifs is 3. The highest BCUT2D eigenvalue weighted by Gasteiger charge is 2.35. The van der Waals surface area contributed by atoms with Crippen molar-refractivity contribution in [2.45, 2.75) is 18.4 Å². The zero-order valence-electron chi connectivity index (χ0n) is 16.9. The van der Waals surface area contributed by atoms with Crippen LogP contribution in [0, 0.1) is 5.92 Å². The van der Waals surface area contributed by atoms with Crippen molar-refractivity contribution in [3.05, 3.63) is 59.7 Å². The van der Waals surface area contributed by atoms with Gasteiger partial charge in [-0.2, -0.15) is 0 Å². The van der Waals surface area contributed by atoms with Crippen LogP contribution in [0.3, 0.4) is 0 Å². The van der Waals surface area contributed by atoms with Gasteiger partial charge < -0.3 is 25.2 Å². The summed E-state index contributed by atoms with van der Waals surface area (Å²) in [5, 5.41) is 14.3. The fourth-order valence-corrected chi connectivity index (χ4v) is 4.15. The van der Waals surface area contributed by atoms with Gasteiger partial charge in [0, 0.05) is 18.9 Å². The van der Waals surface area contributed by atoms with Crippen LogP contribution in [0.15, 0.2) is 48.5 Å². The van der Waals surface area contributed by atoms with Gasteiger partial charge in [-0.15, -0.1) is 0 Å². The first-order valence-electron chi connectivity index (χ1n) is 10.2. The summed E-state index contributed by atoms with van der Waals surface area (Å²) in [5.41, 5.74) is 4.56. The average molecular weight is 424 g/mol. The molecule has 2 amide bonds. The third-order valence-electron chi connectivity index (χ3n) is 5.71. The number of carboxylic acids is 1. The second-order valence-electron chi connectivity index (χ2n) is 7.66. The summed E-state index contributed by atoms with van der Waals surface area (Å²) in [5.74, 6) is -2.13. The number of carbonyl (C=O) groups is 3. The monoisotopic (exact) mass is 424 g/mol. The quantitative estimate of drug-likeness (QED) is 0.628. The third kappa shape index (κ3) is 4.54. The summed E-state index contributed by atoms with van der Waals surface area (Å²) in [6, 6.07) is 15.6. The Morgan fingerprint density at radius 3 is 2.29 bits per heavy atom. The normalized spacial score (nSPS) is 19.4. The van der Waals surface area contributed by atoms with Crippen LogP contribution < -0.4 is 10.6 Å². The van der Waals surface area contributed by atoms with Crippen LogP contribution in [0.5, 0.6) is 0 Å². The lowest BCUT2D eigenvalue weighted by molar-refractivity contribution is -0.142. The molecule has 3 N–H and O–H groups in total. The molecule has 1 heterocycles. The fraction of sp³-hybridized carbons (Fsp3) is 0.348. The predicted octanol–water partition coefficient (Wildman–Crippen LogP) is 2.13. The molecule has 1 saturated heterocycles. The Hall–Kier alpha value is -3.39. The topological polar surface area (TPSA) is 114 Å². The highest BCUT2D eigenvalue weighted by Crippen LogP contribution is 2.44. The molecule has 1 fully saturated rings. The number of ether oxygens (including phenoxy) is 2. The summed E-state index contributed by atoms with van der Waals surface area (Å²) < 4.78 is 10.5. The maximum absolute atomic E-state index is 12.1. The summed E-state index contributed by atoms with van der Waals surface area (Å²) >= 11 is 0. The van der Waals surface area contributed by atoms with E-state index in [4.69, 9.17) is 14.6 Å². The van der Waals surface area contributed by atoms with E-state index in [1.165, 1.54) is 0 Å². The van der Waals surface area contributed by atoms with E-state index >= 15 is 0 Å². The van der Waals surface area contributed by atoms with E-state index < -0.39 is 24.0 Å². The molecule has 1 aliphatic heterocycles. The molecule has 1 aliphatic carbocycles. The van der Waals surface area contributed by atoms with E-state index in [1.807, 2.05) is 36.4 Å². The number of amides is 2. The molecule has 0 bridgehead atoms. The van der Waals surface area contributed by atoms with E-state index in [1.54, 1.807) is 0 Å². The van der Waals surface area contributed by atoms with Crippen molar-refractivity contribution in [1.82, 2.24) is 10.6 Å². The number of nitrogens with one attached hydrogen (secondary N) is 2. The van der Waals surface area contributed by atoms with E-state index in [2.05, 4.69) is 22.8 Å². The van der Waals surface area contributed by atoms with Crippen LogP contribution in [0.1, 0.15) is 23.5 Å². The van der Waals surface area contributed by atoms with Crippen molar-refractivity contribution in [1.29, 1.82) is 0 Å². The molecule has 2 aromatic rings. The maximum Gasteiger partial charge on any atom is 0.407 e. The smallest absolute Gasteiger partial charge is 0.407 e. The van der Waals surface area contributed by atoms with Crippen LogP contribution >= 0.6 is 0 Å². The summed E-state index contributed by atoms with van der Waals surface area (Å²) in [4.78, 5) is 35.3. The highest BCUT2D eigenvalue weighted by atomic mass is 16.5. The molecular weight excluding hydrogens is 400 g/mol. The van der Waals surface area contributed by atoms with E-state index in [0.29, 0.717) is 0 Å². The lowest BCUT2D eigenvalue weighted by atomic mass is 9.98. The molecule has 0 spiro atoms. The van der Waals surface area contributed by atoms with Crippen molar-refractivity contribution in [2.75, 3.05) is 26.4 Å². The minimum Gasteiger partial charge on any atom is -0.481 e. The molecule has 0 aromatic heterocycles. The largest absolute Gasteiger partial charge is 0.481 e. The van der Waals surface area contributed by atoms with Gasteiger partial charge in [-0.05, 0) is 22.3 Å². The Labute approximate surface area is 179 Å². The predicted molar refractivity (Wildman–Crippen MR) is 112 cm³/mol. The summed E-state index contributed by atoms with van der Waals surface area (Å²) in [6.07, 6.45) is -0.574. The molecule has 2 aromatic carbocycles. The van der Waals surface area contributed by atoms with Gasteiger partial charge in [0.2, 0.25) is 5.91 Å². The second-order valence-corrected chi connectivity index (χ2v) is 7.66. The first-order valence-corrected chi connectivity index (χ1v) is 10.2. The number of carboxylic acid groups (broad SMARTS) is 1. The van der Waals surface area contributed by atoms with Crippen molar-refractivity contribution in [3.8, 4) is 11.1 Å². The number of hydrogen-bond acceptors (Lipinski definition) is 5. The standard InChI is InChI=1S/C23H24N2O6/c26-21(25-20-13-30-11-19(20)22(27)28)9-10-24-23(29)31-12-18-16-7-3-1-5-14(16)15-6-2-4-8-17(15)18/h1-8,18-20H,9-13H2,(H,24,29)(H,25,26)(H,27,28). The fourth-order valence-electron chi connectivity index (χ4n) is 4.15. The van der Waals surface area contributed by atoms with E-state index in [9.17, 15) is 14.4 Å². The lowest BCUT2D eigenvalue weighted by Gasteiger charge is -2.16. The third-order valence-corrected chi connectivity index (χ3v) is 5.71. The Morgan fingerprint density at radius 2 is 1.65 bits per heavy atom. The van der Waals surface area contributed by atoms with Crippen LogP contribution in [-0.2, 0) is 19.1 Å². The van der Waals surface area contributed by atoms with Gasteiger partial charge >= 0.3 is 12.1 Å². The van der Waals surface area contributed by atoms with Crippen LogP contribution in [0.4, 0.5) is 4.79 Å². The van der Waals surface area contributed by atoms with Crippen molar-refractivity contribution >= 4 is 18.0 Å². The van der Waals surface area contributed by atoms with Gasteiger partial charge in [0.05, 0.1) is 19.3 Å². The molecule has 0 saturated carbocycles. The van der Waals surface area contributed by atoms with Gasteiger partial charge in [-0.1, -0.05) is 48.5 Å². The summed E-state index contributed by atoms with van der Waals surface area (Å²) in [7, 11) is 0. The molecule has 2 atom stereocenters.